The molecule has 0 saturated carbocycles. The number of methoxy groups -OCH3 is 1. The van der Waals surface area contributed by atoms with Gasteiger partial charge in [0.15, 0.2) is 0 Å². The van der Waals surface area contributed by atoms with Crippen molar-refractivity contribution in [2.75, 3.05) is 13.7 Å². The molecule has 21 heavy (non-hydrogen) atoms. The van der Waals surface area contributed by atoms with Crippen LogP contribution in [0.15, 0.2) is 28.4 Å². The summed E-state index contributed by atoms with van der Waals surface area (Å²) in [6.45, 7) is 4.98. The van der Waals surface area contributed by atoms with Gasteiger partial charge in [-0.2, -0.15) is 5.10 Å². The zero-order chi connectivity index (χ0) is 15.4. The molecule has 2 N–H and O–H groups in total. The number of nitrogens with zero attached hydrogens (tertiary/aromatic N) is 2. The summed E-state index contributed by atoms with van der Waals surface area (Å²) in [5, 5.41) is 6.37. The topological polar surface area (TPSA) is 70.1 Å². The van der Waals surface area contributed by atoms with Gasteiger partial charge < -0.3 is 10.5 Å². The third kappa shape index (κ3) is 3.58. The summed E-state index contributed by atoms with van der Waals surface area (Å²) in [5.74, 6) is 0.230. The van der Waals surface area contributed by atoms with Crippen molar-refractivity contribution in [2.24, 2.45) is 5.73 Å². The highest BCUT2D eigenvalue weighted by molar-refractivity contribution is 7.10. The lowest BCUT2D eigenvalue weighted by molar-refractivity contribution is 0.181. The van der Waals surface area contributed by atoms with E-state index in [-0.39, 0.29) is 11.5 Å². The van der Waals surface area contributed by atoms with E-state index < -0.39 is 6.04 Å². The largest absolute Gasteiger partial charge is 0.383 e. The summed E-state index contributed by atoms with van der Waals surface area (Å²) in [5.41, 5.74) is 7.58. The number of aromatic nitrogens is 2. The van der Waals surface area contributed by atoms with Crippen LogP contribution in [0, 0.1) is 0 Å². The first-order valence-electron chi connectivity index (χ1n) is 6.94. The van der Waals surface area contributed by atoms with Gasteiger partial charge in [0.25, 0.3) is 5.56 Å². The highest BCUT2D eigenvalue weighted by Crippen LogP contribution is 2.23. The molecule has 6 heteroatoms. The van der Waals surface area contributed by atoms with Crippen LogP contribution in [0.5, 0.6) is 0 Å². The van der Waals surface area contributed by atoms with Gasteiger partial charge in [0.05, 0.1) is 24.9 Å². The van der Waals surface area contributed by atoms with Crippen molar-refractivity contribution in [3.05, 3.63) is 50.1 Å². The predicted molar refractivity (Wildman–Crippen MR) is 84.8 cm³/mol. The lowest BCUT2D eigenvalue weighted by atomic mass is 10.0. The fourth-order valence-corrected chi connectivity index (χ4v) is 2.78. The molecule has 1 unspecified atom stereocenters. The summed E-state index contributed by atoms with van der Waals surface area (Å²) >= 11 is 1.55. The van der Waals surface area contributed by atoms with Crippen LogP contribution < -0.4 is 11.3 Å². The van der Waals surface area contributed by atoms with Crippen molar-refractivity contribution in [3.63, 3.8) is 0 Å². The summed E-state index contributed by atoms with van der Waals surface area (Å²) in [6.07, 6.45) is 0. The molecule has 0 aliphatic carbocycles. The van der Waals surface area contributed by atoms with Gasteiger partial charge in [0.2, 0.25) is 0 Å². The first-order valence-corrected chi connectivity index (χ1v) is 7.82. The molecule has 0 aromatic carbocycles. The summed E-state index contributed by atoms with van der Waals surface area (Å²) in [4.78, 5) is 13.5. The molecule has 0 amide bonds. The van der Waals surface area contributed by atoms with Crippen LogP contribution in [-0.2, 0) is 11.3 Å². The minimum atomic E-state index is -0.410. The van der Waals surface area contributed by atoms with E-state index in [1.165, 1.54) is 4.68 Å². The average molecular weight is 307 g/mol. The monoisotopic (exact) mass is 307 g/mol. The minimum absolute atomic E-state index is 0.141. The number of nitrogens with two attached hydrogens (primary N) is 1. The SMILES string of the molecule is COCCn1nc(C(C)C)cc(C(N)c2cccs2)c1=O. The van der Waals surface area contributed by atoms with Crippen LogP contribution in [0.4, 0.5) is 0 Å². The van der Waals surface area contributed by atoms with Crippen LogP contribution in [-0.4, -0.2) is 23.5 Å². The Balaban J connectivity index is 2.48. The van der Waals surface area contributed by atoms with Crippen molar-refractivity contribution in [1.29, 1.82) is 0 Å². The van der Waals surface area contributed by atoms with Crippen LogP contribution in [0.25, 0.3) is 0 Å². The second-order valence-electron chi connectivity index (χ2n) is 5.19. The average Bonchev–Trinajstić information content (AvgIpc) is 2.99. The van der Waals surface area contributed by atoms with Crippen molar-refractivity contribution < 1.29 is 4.74 Å². The molecule has 2 aromatic rings. The highest BCUT2D eigenvalue weighted by Gasteiger charge is 2.18. The molecule has 0 fully saturated rings. The molecular weight excluding hydrogens is 286 g/mol. The quantitative estimate of drug-likeness (QED) is 0.887. The van der Waals surface area contributed by atoms with Gasteiger partial charge in [-0.1, -0.05) is 19.9 Å². The molecule has 2 aromatic heterocycles. The van der Waals surface area contributed by atoms with Gasteiger partial charge in [-0.3, -0.25) is 4.79 Å². The molecule has 0 aliphatic rings. The van der Waals surface area contributed by atoms with Crippen LogP contribution in [0.1, 0.15) is 41.9 Å². The predicted octanol–water partition coefficient (Wildman–Crippen LogP) is 2.12. The Morgan fingerprint density at radius 2 is 2.24 bits per heavy atom. The van der Waals surface area contributed by atoms with Gasteiger partial charge in [0.1, 0.15) is 0 Å². The normalized spacial score (nSPS) is 12.8. The van der Waals surface area contributed by atoms with Gasteiger partial charge >= 0.3 is 0 Å². The number of hydrogen-bond acceptors (Lipinski definition) is 5. The molecule has 2 rings (SSSR count). The lowest BCUT2D eigenvalue weighted by Crippen LogP contribution is -2.32. The molecule has 0 saturated heterocycles. The fourth-order valence-electron chi connectivity index (χ4n) is 2.04. The minimum Gasteiger partial charge on any atom is -0.383 e. The Bertz CT molecular complexity index is 635. The van der Waals surface area contributed by atoms with E-state index in [4.69, 9.17) is 10.5 Å². The molecule has 5 nitrogen and oxygen atoms in total. The summed E-state index contributed by atoms with van der Waals surface area (Å²) in [6, 6.07) is 5.31. The Morgan fingerprint density at radius 3 is 2.81 bits per heavy atom. The maximum Gasteiger partial charge on any atom is 0.272 e. The molecule has 0 spiro atoms. The Kier molecular flexibility index (Phi) is 5.27. The molecule has 0 bridgehead atoms. The number of ether oxygens (including phenoxy) is 1. The van der Waals surface area contributed by atoms with Gasteiger partial charge in [0, 0.05) is 17.6 Å². The van der Waals surface area contributed by atoms with Crippen LogP contribution >= 0.6 is 11.3 Å². The zero-order valence-electron chi connectivity index (χ0n) is 12.6. The zero-order valence-corrected chi connectivity index (χ0v) is 13.4. The Hall–Kier alpha value is -1.50. The second-order valence-corrected chi connectivity index (χ2v) is 6.17. The Labute approximate surface area is 128 Å². The third-order valence-electron chi connectivity index (χ3n) is 3.30. The van der Waals surface area contributed by atoms with E-state index in [1.54, 1.807) is 18.4 Å². The van der Waals surface area contributed by atoms with E-state index in [9.17, 15) is 4.79 Å². The summed E-state index contributed by atoms with van der Waals surface area (Å²) in [7, 11) is 1.61. The van der Waals surface area contributed by atoms with E-state index in [2.05, 4.69) is 5.10 Å². The maximum atomic E-state index is 12.6. The maximum absolute atomic E-state index is 12.6. The lowest BCUT2D eigenvalue weighted by Gasteiger charge is -2.15. The van der Waals surface area contributed by atoms with Gasteiger partial charge in [-0.05, 0) is 23.4 Å². The van der Waals surface area contributed by atoms with E-state index in [0.717, 1.165) is 10.6 Å². The fraction of sp³-hybridized carbons (Fsp3) is 0.467. The van der Waals surface area contributed by atoms with E-state index in [0.29, 0.717) is 18.7 Å². The van der Waals surface area contributed by atoms with Crippen molar-refractivity contribution in [2.45, 2.75) is 32.4 Å². The van der Waals surface area contributed by atoms with Crippen LogP contribution in [0.2, 0.25) is 0 Å². The Morgan fingerprint density at radius 1 is 1.48 bits per heavy atom. The molecule has 0 radical (unpaired) electrons. The highest BCUT2D eigenvalue weighted by atomic mass is 32.1. The van der Waals surface area contributed by atoms with Crippen molar-refractivity contribution in [1.82, 2.24) is 9.78 Å². The molecule has 114 valence electrons. The van der Waals surface area contributed by atoms with Gasteiger partial charge in [-0.15, -0.1) is 11.3 Å². The number of hydrogen-bond donors (Lipinski definition) is 1. The van der Waals surface area contributed by atoms with E-state index >= 15 is 0 Å². The van der Waals surface area contributed by atoms with Crippen LogP contribution in [0.3, 0.4) is 0 Å². The van der Waals surface area contributed by atoms with E-state index in [1.807, 2.05) is 37.4 Å². The molecule has 1 atom stereocenters. The van der Waals surface area contributed by atoms with Crippen molar-refractivity contribution in [3.8, 4) is 0 Å². The first kappa shape index (κ1) is 15.9. The standard InChI is InChI=1S/C15H21N3O2S/c1-10(2)12-9-11(14(16)13-5-4-8-21-13)15(19)18(17-12)6-7-20-3/h4-5,8-10,14H,6-7,16H2,1-3H3. The first-order chi connectivity index (χ1) is 10.0. The smallest absolute Gasteiger partial charge is 0.272 e. The second kappa shape index (κ2) is 6.98. The number of thiophene rings is 1. The number of rotatable bonds is 6. The summed E-state index contributed by atoms with van der Waals surface area (Å²) < 4.78 is 6.50. The molecular formula is C15H21N3O2S. The van der Waals surface area contributed by atoms with Gasteiger partial charge in [-0.25, -0.2) is 4.68 Å². The molecule has 2 heterocycles. The molecule has 0 aliphatic heterocycles. The third-order valence-corrected chi connectivity index (χ3v) is 4.26. The van der Waals surface area contributed by atoms with Crippen molar-refractivity contribution >= 4 is 11.3 Å².